The Balaban J connectivity index is 3.31. The molecule has 2 unspecified atom stereocenters. The molecule has 0 aliphatic carbocycles. The molecule has 0 rings (SSSR count). The van der Waals surface area contributed by atoms with Gasteiger partial charge in [-0.1, -0.05) is 0 Å². The van der Waals surface area contributed by atoms with Crippen molar-refractivity contribution >= 4 is 17.1 Å². The van der Waals surface area contributed by atoms with Crippen molar-refractivity contribution in [1.29, 1.82) is 0 Å². The molecule has 0 aliphatic heterocycles. The van der Waals surface area contributed by atoms with Gasteiger partial charge in [0.15, 0.2) is 0 Å². The highest BCUT2D eigenvalue weighted by molar-refractivity contribution is 7.91. The zero-order chi connectivity index (χ0) is 8.85. The zero-order valence-electron chi connectivity index (χ0n) is 6.45. The summed E-state index contributed by atoms with van der Waals surface area (Å²) >= 11 is -1.22. The van der Waals surface area contributed by atoms with Gasteiger partial charge in [-0.25, -0.2) is 0 Å². The average Bonchev–Trinajstić information content (AvgIpc) is 1.86. The second kappa shape index (κ2) is 5.40. The Bertz CT molecular complexity index is 129. The lowest BCUT2D eigenvalue weighted by atomic mass is 10.2. The largest absolute Gasteiger partial charge is 0.615 e. The molecule has 0 fully saturated rings. The number of rotatable bonds is 5. The molecular weight excluding hydrogens is 166 g/mol. The monoisotopic (exact) mass is 179 g/mol. The minimum atomic E-state index is -1.22. The summed E-state index contributed by atoms with van der Waals surface area (Å²) in [6.07, 6.45) is 2.53. The number of nitrogens with two attached hydrogens (primary N) is 1. The zero-order valence-corrected chi connectivity index (χ0v) is 7.26. The molecule has 1 amide bonds. The van der Waals surface area contributed by atoms with E-state index in [0.717, 1.165) is 0 Å². The smallest absolute Gasteiger partial charge is 0.217 e. The molecule has 0 aromatic carbocycles. The predicted molar refractivity (Wildman–Crippen MR) is 43.1 cm³/mol. The molecular formula is C6H13NO3S. The first-order valence-corrected chi connectivity index (χ1v) is 4.94. The molecule has 0 radical (unpaired) electrons. The van der Waals surface area contributed by atoms with Gasteiger partial charge in [-0.15, -0.1) is 0 Å². The van der Waals surface area contributed by atoms with E-state index in [4.69, 9.17) is 10.8 Å². The SMILES string of the molecule is C[S+]([O-])C(O)CCCC(N)=O. The number of carbonyl (C=O) groups excluding carboxylic acids is 1. The van der Waals surface area contributed by atoms with Crippen molar-refractivity contribution in [2.45, 2.75) is 24.7 Å². The summed E-state index contributed by atoms with van der Waals surface area (Å²) in [5.41, 5.74) is 4.03. The van der Waals surface area contributed by atoms with Gasteiger partial charge in [-0.3, -0.25) is 4.79 Å². The van der Waals surface area contributed by atoms with E-state index >= 15 is 0 Å². The number of hydrogen-bond acceptors (Lipinski definition) is 3. The Labute approximate surface area is 69.0 Å². The van der Waals surface area contributed by atoms with Gasteiger partial charge < -0.3 is 15.4 Å². The van der Waals surface area contributed by atoms with E-state index in [9.17, 15) is 9.35 Å². The predicted octanol–water partition coefficient (Wildman–Crippen LogP) is -0.661. The molecule has 0 heterocycles. The Morgan fingerprint density at radius 2 is 2.36 bits per heavy atom. The van der Waals surface area contributed by atoms with Crippen molar-refractivity contribution in [3.8, 4) is 0 Å². The van der Waals surface area contributed by atoms with Crippen molar-refractivity contribution < 1.29 is 14.5 Å². The van der Waals surface area contributed by atoms with Gasteiger partial charge in [0.25, 0.3) is 0 Å². The summed E-state index contributed by atoms with van der Waals surface area (Å²) in [6.45, 7) is 0. The van der Waals surface area contributed by atoms with Crippen LogP contribution in [0.15, 0.2) is 0 Å². The third-order valence-corrected chi connectivity index (χ3v) is 2.26. The van der Waals surface area contributed by atoms with Crippen molar-refractivity contribution in [3.05, 3.63) is 0 Å². The highest BCUT2D eigenvalue weighted by Gasteiger charge is 2.12. The molecule has 0 aliphatic rings. The fraction of sp³-hybridized carbons (Fsp3) is 0.833. The minimum Gasteiger partial charge on any atom is -0.615 e. The molecule has 0 saturated heterocycles. The van der Waals surface area contributed by atoms with Gasteiger partial charge >= 0.3 is 0 Å². The Morgan fingerprint density at radius 1 is 1.82 bits per heavy atom. The number of hydrogen-bond donors (Lipinski definition) is 2. The Kier molecular flexibility index (Phi) is 5.27. The van der Waals surface area contributed by atoms with Crippen LogP contribution in [-0.2, 0) is 16.0 Å². The minimum absolute atomic E-state index is 0.244. The van der Waals surface area contributed by atoms with E-state index in [1.807, 2.05) is 0 Å². The maximum atomic E-state index is 10.6. The van der Waals surface area contributed by atoms with Crippen LogP contribution >= 0.6 is 0 Å². The standard InChI is InChI=1S/C6H13NO3S/c1-11(10)6(9)4-2-3-5(7)8/h6,9H,2-4H2,1H3,(H2,7,8). The topological polar surface area (TPSA) is 86.4 Å². The quantitative estimate of drug-likeness (QED) is 0.549. The van der Waals surface area contributed by atoms with E-state index in [1.165, 1.54) is 6.26 Å². The molecule has 66 valence electrons. The summed E-state index contributed by atoms with van der Waals surface area (Å²) in [5, 5.41) is 8.99. The first-order valence-electron chi connectivity index (χ1n) is 3.32. The Hall–Kier alpha value is -0.260. The molecule has 4 nitrogen and oxygen atoms in total. The first-order chi connectivity index (χ1) is 5.04. The molecule has 0 bridgehead atoms. The van der Waals surface area contributed by atoms with E-state index < -0.39 is 16.6 Å². The van der Waals surface area contributed by atoms with Gasteiger partial charge in [0.1, 0.15) is 0 Å². The summed E-state index contributed by atoms with van der Waals surface area (Å²) in [7, 11) is 0. The lowest BCUT2D eigenvalue weighted by Crippen LogP contribution is -2.20. The maximum absolute atomic E-state index is 10.6. The van der Waals surface area contributed by atoms with Crippen LogP contribution in [0.5, 0.6) is 0 Å². The number of amides is 1. The molecule has 0 aromatic heterocycles. The molecule has 3 N–H and O–H groups in total. The lowest BCUT2D eigenvalue weighted by molar-refractivity contribution is -0.118. The van der Waals surface area contributed by atoms with Gasteiger partial charge in [0.2, 0.25) is 11.3 Å². The molecule has 0 saturated carbocycles. The molecule has 5 heteroatoms. The second-order valence-electron chi connectivity index (χ2n) is 2.31. The third-order valence-electron chi connectivity index (χ3n) is 1.26. The maximum Gasteiger partial charge on any atom is 0.217 e. The van der Waals surface area contributed by atoms with E-state index in [2.05, 4.69) is 0 Å². The first kappa shape index (κ1) is 10.7. The Morgan fingerprint density at radius 3 is 2.73 bits per heavy atom. The molecule has 2 atom stereocenters. The van der Waals surface area contributed by atoms with Crippen LogP contribution < -0.4 is 5.73 Å². The van der Waals surface area contributed by atoms with Crippen molar-refractivity contribution in [2.24, 2.45) is 5.73 Å². The molecule has 0 aromatic rings. The van der Waals surface area contributed by atoms with Crippen molar-refractivity contribution in [3.63, 3.8) is 0 Å². The van der Waals surface area contributed by atoms with Crippen LogP contribution in [0.4, 0.5) is 0 Å². The van der Waals surface area contributed by atoms with Gasteiger partial charge in [-0.2, -0.15) is 0 Å². The van der Waals surface area contributed by atoms with Crippen molar-refractivity contribution in [1.82, 2.24) is 0 Å². The van der Waals surface area contributed by atoms with Crippen LogP contribution in [0.2, 0.25) is 0 Å². The summed E-state index contributed by atoms with van der Waals surface area (Å²) in [6, 6.07) is 0. The highest BCUT2D eigenvalue weighted by Crippen LogP contribution is 2.05. The molecule has 0 spiro atoms. The van der Waals surface area contributed by atoms with Gasteiger partial charge in [-0.05, 0) is 17.6 Å². The molecule has 11 heavy (non-hydrogen) atoms. The highest BCUT2D eigenvalue weighted by atomic mass is 32.2. The van der Waals surface area contributed by atoms with Crippen molar-refractivity contribution in [2.75, 3.05) is 6.26 Å². The van der Waals surface area contributed by atoms with Gasteiger partial charge in [0, 0.05) is 12.8 Å². The fourth-order valence-corrected chi connectivity index (χ4v) is 1.12. The number of aliphatic hydroxyl groups is 1. The lowest BCUT2D eigenvalue weighted by Gasteiger charge is -2.11. The number of primary amides is 1. The van der Waals surface area contributed by atoms with E-state index in [1.54, 1.807) is 0 Å². The van der Waals surface area contributed by atoms with Crippen LogP contribution in [0.3, 0.4) is 0 Å². The normalized spacial score (nSPS) is 15.9. The van der Waals surface area contributed by atoms with Gasteiger partial charge in [0.05, 0.1) is 6.26 Å². The summed E-state index contributed by atoms with van der Waals surface area (Å²) in [4.78, 5) is 10.2. The third kappa shape index (κ3) is 6.15. The number of aliphatic hydroxyl groups excluding tert-OH is 1. The van der Waals surface area contributed by atoms with E-state index in [0.29, 0.717) is 12.8 Å². The van der Waals surface area contributed by atoms with Crippen LogP contribution in [-0.4, -0.2) is 27.3 Å². The van der Waals surface area contributed by atoms with Crippen LogP contribution in [0.25, 0.3) is 0 Å². The summed E-state index contributed by atoms with van der Waals surface area (Å²) < 4.78 is 10.6. The number of carbonyl (C=O) groups is 1. The summed E-state index contributed by atoms with van der Waals surface area (Å²) in [5.74, 6) is -0.390. The van der Waals surface area contributed by atoms with Crippen LogP contribution in [0, 0.1) is 0 Å². The van der Waals surface area contributed by atoms with Crippen LogP contribution in [0.1, 0.15) is 19.3 Å². The fourth-order valence-electron chi connectivity index (χ4n) is 0.617. The van der Waals surface area contributed by atoms with E-state index in [-0.39, 0.29) is 12.3 Å². The average molecular weight is 179 g/mol. The second-order valence-corrected chi connectivity index (χ2v) is 3.85.